The van der Waals surface area contributed by atoms with Crippen molar-refractivity contribution in [3.63, 3.8) is 0 Å². The molecule has 0 atom stereocenters. The Morgan fingerprint density at radius 1 is 1.56 bits per heavy atom. The highest BCUT2D eigenvalue weighted by atomic mass is 16.3. The van der Waals surface area contributed by atoms with Crippen LogP contribution < -0.4 is 5.73 Å². The van der Waals surface area contributed by atoms with Gasteiger partial charge in [-0.3, -0.25) is 0 Å². The lowest BCUT2D eigenvalue weighted by atomic mass is 10.4. The van der Waals surface area contributed by atoms with Gasteiger partial charge in [-0.25, -0.2) is 0 Å². The summed E-state index contributed by atoms with van der Waals surface area (Å²) in [6, 6.07) is 1.86. The monoisotopic (exact) mass is 122 g/mol. The Morgan fingerprint density at radius 3 is 3.22 bits per heavy atom. The molecule has 0 aliphatic carbocycles. The SMILES string of the molecule is Nc1[nH]cc2ccoc12. The molecular formula is C6H6N2O. The molecule has 0 bridgehead atoms. The van der Waals surface area contributed by atoms with Gasteiger partial charge in [0, 0.05) is 11.6 Å². The van der Waals surface area contributed by atoms with Crippen molar-refractivity contribution in [2.45, 2.75) is 0 Å². The number of rotatable bonds is 0. The van der Waals surface area contributed by atoms with E-state index in [1.54, 1.807) is 6.26 Å². The lowest BCUT2D eigenvalue weighted by Gasteiger charge is -1.78. The quantitative estimate of drug-likeness (QED) is 0.554. The fourth-order valence-corrected chi connectivity index (χ4v) is 0.873. The van der Waals surface area contributed by atoms with E-state index in [9.17, 15) is 0 Å². The van der Waals surface area contributed by atoms with E-state index in [1.165, 1.54) is 0 Å². The first-order chi connectivity index (χ1) is 4.38. The Bertz CT molecular complexity index is 320. The van der Waals surface area contributed by atoms with Crippen LogP contribution in [0.2, 0.25) is 0 Å². The maximum atomic E-state index is 5.47. The minimum Gasteiger partial charge on any atom is -0.460 e. The summed E-state index contributed by atoms with van der Waals surface area (Å²) in [5, 5.41) is 1.02. The van der Waals surface area contributed by atoms with E-state index in [0.717, 1.165) is 11.0 Å². The molecule has 0 aromatic carbocycles. The Balaban J connectivity index is 2.99. The summed E-state index contributed by atoms with van der Waals surface area (Å²) >= 11 is 0. The molecule has 0 spiro atoms. The third-order valence-corrected chi connectivity index (χ3v) is 1.32. The molecule has 0 amide bonds. The van der Waals surface area contributed by atoms with Crippen LogP contribution in [0.5, 0.6) is 0 Å². The van der Waals surface area contributed by atoms with Crippen LogP contribution >= 0.6 is 0 Å². The Morgan fingerprint density at radius 2 is 2.44 bits per heavy atom. The van der Waals surface area contributed by atoms with Crippen LogP contribution in [-0.2, 0) is 0 Å². The van der Waals surface area contributed by atoms with Crippen LogP contribution in [0.3, 0.4) is 0 Å². The van der Waals surface area contributed by atoms with Gasteiger partial charge in [0.1, 0.15) is 5.82 Å². The first kappa shape index (κ1) is 4.49. The number of nitrogens with one attached hydrogen (secondary N) is 1. The number of aromatic amines is 1. The summed E-state index contributed by atoms with van der Waals surface area (Å²) in [5.74, 6) is 0.593. The molecule has 0 unspecified atom stereocenters. The molecule has 0 saturated carbocycles. The van der Waals surface area contributed by atoms with Gasteiger partial charge in [-0.15, -0.1) is 0 Å². The van der Waals surface area contributed by atoms with Crippen molar-refractivity contribution >= 4 is 16.8 Å². The predicted molar refractivity (Wildman–Crippen MR) is 35.0 cm³/mol. The summed E-state index contributed by atoms with van der Waals surface area (Å²) in [5.41, 5.74) is 6.22. The van der Waals surface area contributed by atoms with Crippen molar-refractivity contribution in [2.75, 3.05) is 5.73 Å². The van der Waals surface area contributed by atoms with E-state index in [4.69, 9.17) is 10.2 Å². The first-order valence-corrected chi connectivity index (χ1v) is 2.68. The van der Waals surface area contributed by atoms with E-state index in [0.29, 0.717) is 5.82 Å². The highest BCUT2D eigenvalue weighted by Gasteiger charge is 1.99. The van der Waals surface area contributed by atoms with Crippen LogP contribution in [0.15, 0.2) is 22.9 Å². The van der Waals surface area contributed by atoms with Crippen molar-refractivity contribution in [3.05, 3.63) is 18.5 Å². The zero-order valence-corrected chi connectivity index (χ0v) is 4.72. The molecule has 3 nitrogen and oxygen atoms in total. The minimum absolute atomic E-state index is 0.593. The van der Waals surface area contributed by atoms with E-state index in [2.05, 4.69) is 4.98 Å². The molecule has 0 aliphatic heterocycles. The van der Waals surface area contributed by atoms with Gasteiger partial charge in [0.15, 0.2) is 5.58 Å². The van der Waals surface area contributed by atoms with Gasteiger partial charge in [-0.2, -0.15) is 0 Å². The highest BCUT2D eigenvalue weighted by Crippen LogP contribution is 2.19. The van der Waals surface area contributed by atoms with Gasteiger partial charge < -0.3 is 15.1 Å². The lowest BCUT2D eigenvalue weighted by molar-refractivity contribution is 0.617. The number of nitrogens with two attached hydrogens (primary N) is 1. The number of hydrogen-bond donors (Lipinski definition) is 2. The number of aromatic nitrogens is 1. The molecule has 46 valence electrons. The molecule has 0 aliphatic rings. The van der Waals surface area contributed by atoms with Crippen molar-refractivity contribution in [1.29, 1.82) is 0 Å². The third kappa shape index (κ3) is 0.455. The molecule has 2 heterocycles. The van der Waals surface area contributed by atoms with E-state index >= 15 is 0 Å². The van der Waals surface area contributed by atoms with Crippen molar-refractivity contribution < 1.29 is 4.42 Å². The van der Waals surface area contributed by atoms with Crippen molar-refractivity contribution in [2.24, 2.45) is 0 Å². The number of H-pyrrole nitrogens is 1. The average molecular weight is 122 g/mol. The maximum Gasteiger partial charge on any atom is 0.175 e. The standard InChI is InChI=1S/C6H6N2O/c7-6-5-4(3-8-6)1-2-9-5/h1-3,8H,7H2. The minimum atomic E-state index is 0.593. The smallest absolute Gasteiger partial charge is 0.175 e. The fraction of sp³-hybridized carbons (Fsp3) is 0. The molecule has 2 rings (SSSR count). The summed E-state index contributed by atoms with van der Waals surface area (Å²) < 4.78 is 5.03. The molecule has 0 radical (unpaired) electrons. The first-order valence-electron chi connectivity index (χ1n) is 2.68. The van der Waals surface area contributed by atoms with Gasteiger partial charge in [-0.1, -0.05) is 0 Å². The molecule has 2 aromatic heterocycles. The Hall–Kier alpha value is -1.38. The predicted octanol–water partition coefficient (Wildman–Crippen LogP) is 1.34. The summed E-state index contributed by atoms with van der Waals surface area (Å²) in [4.78, 5) is 2.84. The van der Waals surface area contributed by atoms with Crippen LogP contribution in [0.1, 0.15) is 0 Å². The van der Waals surface area contributed by atoms with Crippen LogP contribution in [0.25, 0.3) is 11.0 Å². The van der Waals surface area contributed by atoms with E-state index in [1.807, 2.05) is 12.3 Å². The molecular weight excluding hydrogens is 116 g/mol. The number of hydrogen-bond acceptors (Lipinski definition) is 2. The second kappa shape index (κ2) is 1.31. The van der Waals surface area contributed by atoms with Gasteiger partial charge in [0.05, 0.1) is 6.26 Å². The fourth-order valence-electron chi connectivity index (χ4n) is 0.873. The number of anilines is 1. The molecule has 0 saturated heterocycles. The Kier molecular flexibility index (Phi) is 0.656. The second-order valence-electron chi connectivity index (χ2n) is 1.91. The molecule has 2 aromatic rings. The van der Waals surface area contributed by atoms with Crippen molar-refractivity contribution in [3.8, 4) is 0 Å². The van der Waals surface area contributed by atoms with Crippen LogP contribution in [0, 0.1) is 0 Å². The van der Waals surface area contributed by atoms with Gasteiger partial charge >= 0.3 is 0 Å². The summed E-state index contributed by atoms with van der Waals surface area (Å²) in [6.07, 6.45) is 3.43. The van der Waals surface area contributed by atoms with Crippen LogP contribution in [0.4, 0.5) is 5.82 Å². The summed E-state index contributed by atoms with van der Waals surface area (Å²) in [6.45, 7) is 0. The number of nitrogen functional groups attached to an aromatic ring is 1. The molecule has 3 heteroatoms. The molecule has 3 N–H and O–H groups in total. The molecule has 0 fully saturated rings. The maximum absolute atomic E-state index is 5.47. The van der Waals surface area contributed by atoms with Crippen molar-refractivity contribution in [1.82, 2.24) is 4.98 Å². The molecule has 9 heavy (non-hydrogen) atoms. The second-order valence-corrected chi connectivity index (χ2v) is 1.91. The summed E-state index contributed by atoms with van der Waals surface area (Å²) in [7, 11) is 0. The third-order valence-electron chi connectivity index (χ3n) is 1.32. The largest absolute Gasteiger partial charge is 0.460 e. The normalized spacial score (nSPS) is 10.7. The lowest BCUT2D eigenvalue weighted by Crippen LogP contribution is -1.81. The van der Waals surface area contributed by atoms with Crippen LogP contribution in [-0.4, -0.2) is 4.98 Å². The van der Waals surface area contributed by atoms with Gasteiger partial charge in [-0.05, 0) is 6.07 Å². The Labute approximate surface area is 51.5 Å². The highest BCUT2D eigenvalue weighted by molar-refractivity contribution is 5.86. The van der Waals surface area contributed by atoms with Gasteiger partial charge in [0.2, 0.25) is 0 Å². The zero-order valence-electron chi connectivity index (χ0n) is 4.72. The number of furan rings is 1. The van der Waals surface area contributed by atoms with Gasteiger partial charge in [0.25, 0.3) is 0 Å². The van der Waals surface area contributed by atoms with E-state index in [-0.39, 0.29) is 0 Å². The number of fused-ring (bicyclic) bond motifs is 1. The zero-order chi connectivity index (χ0) is 6.27. The average Bonchev–Trinajstić information content (AvgIpc) is 2.35. The van der Waals surface area contributed by atoms with E-state index < -0.39 is 0 Å². The topological polar surface area (TPSA) is 55.0 Å².